The number of carbonyl (C=O) groups is 2. The second kappa shape index (κ2) is 5.29. The molecule has 0 saturated carbocycles. The Kier molecular flexibility index (Phi) is 4.03. The highest BCUT2D eigenvalue weighted by Gasteiger charge is 2.12. The Morgan fingerprint density at radius 1 is 1.41 bits per heavy atom. The minimum Gasteiger partial charge on any atom is -0.478 e. The van der Waals surface area contributed by atoms with Crippen molar-refractivity contribution in [2.75, 3.05) is 0 Å². The number of carboxylic acids is 1. The zero-order valence-corrected chi connectivity index (χ0v) is 9.90. The van der Waals surface area contributed by atoms with Crippen molar-refractivity contribution < 1.29 is 19.2 Å². The van der Waals surface area contributed by atoms with Crippen LogP contribution in [0, 0.1) is 6.92 Å². The first kappa shape index (κ1) is 13.0. The molecule has 17 heavy (non-hydrogen) atoms. The van der Waals surface area contributed by atoms with Crippen LogP contribution >= 0.6 is 0 Å². The van der Waals surface area contributed by atoms with Crippen LogP contribution in [0.5, 0.6) is 0 Å². The molecular weight excluding hydrogens is 224 g/mol. The largest absolute Gasteiger partial charge is 0.478 e. The van der Waals surface area contributed by atoms with Gasteiger partial charge in [-0.15, -0.1) is 0 Å². The first-order valence-electron chi connectivity index (χ1n) is 5.03. The fourth-order valence-electron chi connectivity index (χ4n) is 1.13. The van der Waals surface area contributed by atoms with Gasteiger partial charge in [-0.3, -0.25) is 4.79 Å². The van der Waals surface area contributed by atoms with Crippen LogP contribution < -0.4 is 5.32 Å². The minimum absolute atomic E-state index is 0.0243. The quantitative estimate of drug-likeness (QED) is 0.764. The first-order valence-corrected chi connectivity index (χ1v) is 5.03. The number of nitrogens with one attached hydrogen (secondary N) is 1. The molecule has 92 valence electrons. The molecule has 0 aliphatic rings. The van der Waals surface area contributed by atoms with E-state index in [9.17, 15) is 9.59 Å². The third-order valence-electron chi connectivity index (χ3n) is 2.32. The van der Waals surface area contributed by atoms with Gasteiger partial charge >= 0.3 is 5.97 Å². The number of amides is 1. The molecule has 0 radical (unpaired) electrons. The summed E-state index contributed by atoms with van der Waals surface area (Å²) in [6.45, 7) is 4.80. The lowest BCUT2D eigenvalue weighted by atomic mass is 10.1. The van der Waals surface area contributed by atoms with Crippen LogP contribution in [0.25, 0.3) is 0 Å². The molecule has 1 amide bonds. The van der Waals surface area contributed by atoms with Gasteiger partial charge in [-0.05, 0) is 20.8 Å². The molecule has 0 bridgehead atoms. The number of carbonyl (C=O) groups excluding carboxylic acids is 1. The number of aryl methyl sites for hydroxylation is 1. The summed E-state index contributed by atoms with van der Waals surface area (Å²) in [7, 11) is 0. The second-order valence-corrected chi connectivity index (χ2v) is 3.67. The average Bonchev–Trinajstić information content (AvgIpc) is 2.69. The fourth-order valence-corrected chi connectivity index (χ4v) is 1.13. The van der Waals surface area contributed by atoms with Gasteiger partial charge in [0, 0.05) is 17.2 Å². The predicted octanol–water partition coefficient (Wildman–Crippen LogP) is 1.02. The molecule has 1 heterocycles. The van der Waals surface area contributed by atoms with Crippen molar-refractivity contribution >= 4 is 11.9 Å². The molecule has 1 aromatic heterocycles. The Hall–Kier alpha value is -2.11. The Labute approximate surface area is 98.3 Å². The summed E-state index contributed by atoms with van der Waals surface area (Å²) in [5, 5.41) is 14.9. The van der Waals surface area contributed by atoms with E-state index in [1.165, 1.54) is 13.8 Å². The highest BCUT2D eigenvalue weighted by molar-refractivity contribution is 6.01. The molecule has 0 atom stereocenters. The first-order chi connectivity index (χ1) is 7.91. The van der Waals surface area contributed by atoms with Gasteiger partial charge in [0.1, 0.15) is 0 Å². The van der Waals surface area contributed by atoms with E-state index in [1.54, 1.807) is 13.0 Å². The number of hydrogen-bond acceptors (Lipinski definition) is 4. The minimum atomic E-state index is -1.10. The van der Waals surface area contributed by atoms with Crippen LogP contribution in [0.2, 0.25) is 0 Å². The Bertz CT molecular complexity index is 474. The fraction of sp³-hybridized carbons (Fsp3) is 0.364. The van der Waals surface area contributed by atoms with Gasteiger partial charge in [0.15, 0.2) is 5.76 Å². The molecule has 6 nitrogen and oxygen atoms in total. The number of aromatic nitrogens is 1. The number of rotatable bonds is 4. The molecule has 0 saturated heterocycles. The average molecular weight is 238 g/mol. The predicted molar refractivity (Wildman–Crippen MR) is 59.1 cm³/mol. The molecule has 1 rings (SSSR count). The van der Waals surface area contributed by atoms with E-state index in [0.29, 0.717) is 5.76 Å². The molecular formula is C11H14N2O4. The summed E-state index contributed by atoms with van der Waals surface area (Å²) < 4.78 is 4.91. The van der Waals surface area contributed by atoms with Crippen LogP contribution in [0.3, 0.4) is 0 Å². The van der Waals surface area contributed by atoms with Crippen molar-refractivity contribution in [2.24, 2.45) is 0 Å². The Morgan fingerprint density at radius 2 is 2.06 bits per heavy atom. The van der Waals surface area contributed by atoms with Crippen LogP contribution in [0.15, 0.2) is 21.7 Å². The summed E-state index contributed by atoms with van der Waals surface area (Å²) in [5.74, 6) is -1.01. The van der Waals surface area contributed by atoms with Crippen molar-refractivity contribution in [3.63, 3.8) is 0 Å². The maximum absolute atomic E-state index is 11.6. The molecule has 6 heteroatoms. The van der Waals surface area contributed by atoms with E-state index in [4.69, 9.17) is 9.63 Å². The van der Waals surface area contributed by atoms with Gasteiger partial charge < -0.3 is 14.9 Å². The standard InChI is InChI=1S/C11H14N2O4/c1-6-4-9(17-13-6)5-12-10(14)7(2)8(3)11(15)16/h4H,5H2,1-3H3,(H,12,14)(H,15,16). The van der Waals surface area contributed by atoms with Crippen molar-refractivity contribution in [1.29, 1.82) is 0 Å². The third kappa shape index (κ3) is 3.44. The van der Waals surface area contributed by atoms with Gasteiger partial charge in [0.25, 0.3) is 0 Å². The van der Waals surface area contributed by atoms with E-state index >= 15 is 0 Å². The summed E-state index contributed by atoms with van der Waals surface area (Å²) in [4.78, 5) is 22.2. The summed E-state index contributed by atoms with van der Waals surface area (Å²) >= 11 is 0. The van der Waals surface area contributed by atoms with E-state index in [1.807, 2.05) is 0 Å². The lowest BCUT2D eigenvalue weighted by Crippen LogP contribution is -2.24. The molecule has 0 aliphatic heterocycles. The lowest BCUT2D eigenvalue weighted by Gasteiger charge is -2.04. The zero-order chi connectivity index (χ0) is 13.0. The van der Waals surface area contributed by atoms with E-state index in [2.05, 4.69) is 10.5 Å². The topological polar surface area (TPSA) is 92.4 Å². The Balaban J connectivity index is 2.62. The monoisotopic (exact) mass is 238 g/mol. The SMILES string of the molecule is CC(C(=O)O)=C(C)C(=O)NCc1cc(C)no1. The van der Waals surface area contributed by atoms with Crippen LogP contribution in [-0.2, 0) is 16.1 Å². The highest BCUT2D eigenvalue weighted by Crippen LogP contribution is 2.05. The molecule has 0 aromatic carbocycles. The number of nitrogens with zero attached hydrogens (tertiary/aromatic N) is 1. The summed E-state index contributed by atoms with van der Waals surface area (Å²) in [6.07, 6.45) is 0. The maximum Gasteiger partial charge on any atom is 0.331 e. The summed E-state index contributed by atoms with van der Waals surface area (Å²) in [5.41, 5.74) is 0.924. The molecule has 0 unspecified atom stereocenters. The lowest BCUT2D eigenvalue weighted by molar-refractivity contribution is -0.133. The normalized spacial score (nSPS) is 11.9. The maximum atomic E-state index is 11.6. The van der Waals surface area contributed by atoms with Crippen molar-refractivity contribution in [3.05, 3.63) is 28.7 Å². The number of aliphatic carboxylic acids is 1. The van der Waals surface area contributed by atoms with E-state index < -0.39 is 11.9 Å². The number of hydrogen-bond donors (Lipinski definition) is 2. The second-order valence-electron chi connectivity index (χ2n) is 3.67. The van der Waals surface area contributed by atoms with Crippen molar-refractivity contribution in [2.45, 2.75) is 27.3 Å². The molecule has 2 N–H and O–H groups in total. The van der Waals surface area contributed by atoms with Gasteiger partial charge in [-0.2, -0.15) is 0 Å². The molecule has 0 aliphatic carbocycles. The van der Waals surface area contributed by atoms with E-state index in [0.717, 1.165) is 5.69 Å². The van der Waals surface area contributed by atoms with Crippen molar-refractivity contribution in [1.82, 2.24) is 10.5 Å². The van der Waals surface area contributed by atoms with Crippen LogP contribution in [0.1, 0.15) is 25.3 Å². The van der Waals surface area contributed by atoms with Crippen LogP contribution in [-0.4, -0.2) is 22.1 Å². The molecule has 0 fully saturated rings. The van der Waals surface area contributed by atoms with Crippen molar-refractivity contribution in [3.8, 4) is 0 Å². The number of carboxylic acid groups (broad SMARTS) is 1. The highest BCUT2D eigenvalue weighted by atomic mass is 16.5. The summed E-state index contributed by atoms with van der Waals surface area (Å²) in [6, 6.07) is 1.70. The van der Waals surface area contributed by atoms with Gasteiger partial charge in [-0.25, -0.2) is 4.79 Å². The molecule has 0 spiro atoms. The van der Waals surface area contributed by atoms with Crippen LogP contribution in [0.4, 0.5) is 0 Å². The van der Waals surface area contributed by atoms with E-state index in [-0.39, 0.29) is 17.7 Å². The van der Waals surface area contributed by atoms with Gasteiger partial charge in [0.2, 0.25) is 5.91 Å². The van der Waals surface area contributed by atoms with Gasteiger partial charge in [-0.1, -0.05) is 5.16 Å². The zero-order valence-electron chi connectivity index (χ0n) is 9.90. The molecule has 1 aromatic rings. The Morgan fingerprint density at radius 3 is 2.53 bits per heavy atom. The smallest absolute Gasteiger partial charge is 0.331 e. The van der Waals surface area contributed by atoms with Gasteiger partial charge in [0.05, 0.1) is 12.2 Å². The third-order valence-corrected chi connectivity index (χ3v) is 2.32.